The van der Waals surface area contributed by atoms with Gasteiger partial charge in [-0.25, -0.2) is 0 Å². The summed E-state index contributed by atoms with van der Waals surface area (Å²) in [5.41, 5.74) is 0. The SMILES string of the molecule is IC(I)[IH+]. The second-order valence-corrected chi connectivity index (χ2v) is 11.7. The summed E-state index contributed by atoms with van der Waals surface area (Å²) in [7, 11) is 0. The van der Waals surface area contributed by atoms with Crippen LogP contribution >= 0.6 is 45.2 Å². The third-order valence-electron chi connectivity index (χ3n) is 0. The van der Waals surface area contributed by atoms with E-state index in [2.05, 4.69) is 67.8 Å². The van der Waals surface area contributed by atoms with Crippen molar-refractivity contribution < 1.29 is 22.6 Å². The van der Waals surface area contributed by atoms with Crippen molar-refractivity contribution in [1.82, 2.24) is 0 Å². The lowest BCUT2D eigenvalue weighted by molar-refractivity contribution is -0.341. The predicted octanol–water partition coefficient (Wildman–Crippen LogP) is -1.57. The summed E-state index contributed by atoms with van der Waals surface area (Å²) in [6, 6.07) is 0. The Kier molecular flexibility index (Phi) is 5.23. The van der Waals surface area contributed by atoms with Crippen molar-refractivity contribution in [3.63, 3.8) is 0 Å². The molecular formula is CH2I3+. The first kappa shape index (κ1) is 6.19. The van der Waals surface area contributed by atoms with Gasteiger partial charge in [-0.2, -0.15) is 0 Å². The molecule has 3 heteroatoms. The van der Waals surface area contributed by atoms with Crippen molar-refractivity contribution in [2.75, 3.05) is 0 Å². The molecule has 0 unspecified atom stereocenters. The van der Waals surface area contributed by atoms with E-state index in [1.54, 1.807) is 0 Å². The maximum absolute atomic E-state index is 2.33. The smallest absolute Gasteiger partial charge is 0.0117 e. The van der Waals surface area contributed by atoms with Gasteiger partial charge in [-0.05, 0) is 45.2 Å². The minimum Gasteiger partial charge on any atom is -0.0117 e. The van der Waals surface area contributed by atoms with E-state index >= 15 is 0 Å². The Hall–Kier alpha value is 2.19. The van der Waals surface area contributed by atoms with Crippen LogP contribution in [0.5, 0.6) is 0 Å². The van der Waals surface area contributed by atoms with E-state index in [1.807, 2.05) is 0 Å². The van der Waals surface area contributed by atoms with Gasteiger partial charge in [-0.3, -0.25) is 0 Å². The first-order chi connectivity index (χ1) is 1.73. The topological polar surface area (TPSA) is 0 Å². The molecule has 0 heterocycles. The van der Waals surface area contributed by atoms with Crippen molar-refractivity contribution in [1.29, 1.82) is 0 Å². The summed E-state index contributed by atoms with van der Waals surface area (Å²) in [6.45, 7) is 0. The molecule has 0 aromatic rings. The van der Waals surface area contributed by atoms with Gasteiger partial charge in [0.05, 0.1) is 0 Å². The average Bonchev–Trinajstić information content (AvgIpc) is 0.811. The summed E-state index contributed by atoms with van der Waals surface area (Å²) in [5, 5.41) is 0. The van der Waals surface area contributed by atoms with Gasteiger partial charge in [-0.15, -0.1) is 0 Å². The zero-order valence-electron chi connectivity index (χ0n) is 1.74. The second kappa shape index (κ2) is 3.38. The van der Waals surface area contributed by atoms with Gasteiger partial charge in [0.15, 0.2) is 0 Å². The van der Waals surface area contributed by atoms with Crippen molar-refractivity contribution in [2.45, 2.75) is -0.0619 Å². The van der Waals surface area contributed by atoms with E-state index in [0.717, 1.165) is -0.0619 Å². The minimum atomic E-state index is 0.783. The van der Waals surface area contributed by atoms with Gasteiger partial charge in [0.25, 0.3) is 22.6 Å². The standard InChI is InChI=1S/CH2I3/c2-1(3)4/h1-2H/q+1. The van der Waals surface area contributed by atoms with E-state index in [0.29, 0.717) is 0 Å². The molecule has 0 saturated carbocycles. The van der Waals surface area contributed by atoms with Crippen LogP contribution < -0.4 is 22.6 Å². The summed E-state index contributed by atoms with van der Waals surface area (Å²) in [4.78, 5) is 0. The molecule has 0 amide bonds. The monoisotopic (exact) mass is 395 g/mol. The molecule has 0 spiro atoms. The van der Waals surface area contributed by atoms with Crippen molar-refractivity contribution in [2.24, 2.45) is 0 Å². The largest absolute Gasteiger partial charge is 0.278 e. The third kappa shape index (κ3) is 8.89. The van der Waals surface area contributed by atoms with Crippen LogP contribution in [-0.4, -0.2) is -0.0619 Å². The molecule has 0 aliphatic carbocycles. The van der Waals surface area contributed by atoms with Crippen LogP contribution in [0.1, 0.15) is 0 Å². The van der Waals surface area contributed by atoms with E-state index in [-0.39, 0.29) is 0 Å². The lowest BCUT2D eigenvalue weighted by Gasteiger charge is -1.57. The number of rotatable bonds is 0. The summed E-state index contributed by atoms with van der Waals surface area (Å²) >= 11 is 6.75. The van der Waals surface area contributed by atoms with Crippen molar-refractivity contribution in [3.8, 4) is 0 Å². The van der Waals surface area contributed by atoms with E-state index in [9.17, 15) is 0 Å². The van der Waals surface area contributed by atoms with Crippen molar-refractivity contribution >= 4 is 45.2 Å². The highest BCUT2D eigenvalue weighted by Crippen LogP contribution is 1.93. The Balaban J connectivity index is 2.32. The second-order valence-electron chi connectivity index (χ2n) is 0.261. The molecule has 0 aliphatic heterocycles. The molecule has 0 aliphatic rings. The minimum absolute atomic E-state index is 0.783. The van der Waals surface area contributed by atoms with Crippen LogP contribution in [0, 0.1) is 0 Å². The number of alkyl halides is 3. The van der Waals surface area contributed by atoms with Crippen LogP contribution in [0.3, 0.4) is 0 Å². The fourth-order valence-corrected chi connectivity index (χ4v) is 0. The molecule has 26 valence electrons. The molecule has 0 bridgehead atoms. The number of halogens is 3. The van der Waals surface area contributed by atoms with Crippen molar-refractivity contribution in [3.05, 3.63) is 0 Å². The van der Waals surface area contributed by atoms with Gasteiger partial charge < -0.3 is 0 Å². The zero-order chi connectivity index (χ0) is 3.58. The van der Waals surface area contributed by atoms with Crippen LogP contribution in [0.2, 0.25) is 0 Å². The van der Waals surface area contributed by atoms with Gasteiger partial charge in [0.2, 0.25) is -0.0619 Å². The number of hydrogen-bond acceptors (Lipinski definition) is 0. The van der Waals surface area contributed by atoms with E-state index < -0.39 is 0 Å². The van der Waals surface area contributed by atoms with Crippen LogP contribution in [0.4, 0.5) is 0 Å². The maximum atomic E-state index is 2.33. The predicted molar refractivity (Wildman–Crippen MR) is 33.2 cm³/mol. The molecule has 0 nitrogen and oxygen atoms in total. The average molecular weight is 395 g/mol. The summed E-state index contributed by atoms with van der Waals surface area (Å²) < 4.78 is 0.783. The molecular weight excluding hydrogens is 393 g/mol. The first-order valence-corrected chi connectivity index (χ1v) is 4.51. The number of hydrogen-bond donors (Lipinski definition) is 0. The summed E-state index contributed by atoms with van der Waals surface area (Å²) in [6.07, 6.45) is 0. The molecule has 0 aromatic heterocycles. The Labute approximate surface area is 66.5 Å². The first-order valence-electron chi connectivity index (χ1n) is 0.672. The Morgan fingerprint density at radius 2 is 1.50 bits per heavy atom. The van der Waals surface area contributed by atoms with Gasteiger partial charge >= 0.3 is 0 Å². The van der Waals surface area contributed by atoms with Gasteiger partial charge in [0, 0.05) is 0 Å². The van der Waals surface area contributed by atoms with Gasteiger partial charge in [-0.1, -0.05) is 0 Å². The molecule has 0 N–H and O–H groups in total. The molecule has 0 atom stereocenters. The quantitative estimate of drug-likeness (QED) is 0.344. The Morgan fingerprint density at radius 1 is 1.50 bits per heavy atom. The highest BCUT2D eigenvalue weighted by molar-refractivity contribution is 14.2. The molecule has 4 heavy (non-hydrogen) atoms. The lowest BCUT2D eigenvalue weighted by Crippen LogP contribution is -3.37. The highest BCUT2D eigenvalue weighted by Gasteiger charge is 1.91. The fraction of sp³-hybridized carbons (Fsp3) is 1.00. The molecule has 0 saturated heterocycles. The lowest BCUT2D eigenvalue weighted by atomic mass is 12.0. The molecule has 0 radical (unpaired) electrons. The van der Waals surface area contributed by atoms with Gasteiger partial charge in [0.1, 0.15) is 0 Å². The fourth-order valence-electron chi connectivity index (χ4n) is 0. The third-order valence-corrected chi connectivity index (χ3v) is 0. The Bertz CT molecular complexity index is 8.00. The Morgan fingerprint density at radius 3 is 1.50 bits per heavy atom. The summed E-state index contributed by atoms with van der Waals surface area (Å²) in [5.74, 6) is 0. The van der Waals surface area contributed by atoms with E-state index in [1.165, 1.54) is 0 Å². The van der Waals surface area contributed by atoms with Crippen LogP contribution in [0.25, 0.3) is 0 Å². The maximum Gasteiger partial charge on any atom is 0.278 e. The van der Waals surface area contributed by atoms with E-state index in [4.69, 9.17) is 0 Å². The van der Waals surface area contributed by atoms with Crippen LogP contribution in [0.15, 0.2) is 0 Å². The normalized spacial score (nSPS) is 9.00. The highest BCUT2D eigenvalue weighted by atomic mass is 127. The molecule has 0 aromatic carbocycles. The molecule has 0 rings (SSSR count). The molecule has 0 fully saturated rings. The zero-order valence-corrected chi connectivity index (χ0v) is 8.39. The van der Waals surface area contributed by atoms with Crippen LogP contribution in [-0.2, 0) is 0 Å².